The van der Waals surface area contributed by atoms with E-state index >= 15 is 0 Å². The van der Waals surface area contributed by atoms with E-state index in [0.717, 1.165) is 18.4 Å². The molecule has 2 aromatic rings. The lowest BCUT2D eigenvalue weighted by molar-refractivity contribution is -0.159. The van der Waals surface area contributed by atoms with E-state index in [-0.39, 0.29) is 55.9 Å². The Morgan fingerprint density at radius 1 is 0.964 bits per heavy atom. The molecule has 0 spiro atoms. The van der Waals surface area contributed by atoms with Crippen LogP contribution in [-0.4, -0.2) is 94.9 Å². The monoisotopic (exact) mass is 773 g/mol. The molecule has 14 heteroatoms. The van der Waals surface area contributed by atoms with Crippen LogP contribution in [0.1, 0.15) is 89.0 Å². The third-order valence-corrected chi connectivity index (χ3v) is 13.3. The van der Waals surface area contributed by atoms with E-state index in [9.17, 15) is 32.4 Å². The van der Waals surface area contributed by atoms with Crippen LogP contribution >= 0.6 is 0 Å². The smallest absolute Gasteiger partial charge is 0.307 e. The zero-order valence-electron chi connectivity index (χ0n) is 31.7. The SMILES string of the molecule is CC(C)(C)OC(=O)C[C@@H]1CCCCC/C=C\[C@@H]2C[C@@]2(C(=O)NS(=O)(=O)C2CC2)NC(=O)[C@@H]2[C@H]3CN(C(=O)c4cccc(-c5ccccc5)n4)C[C@H]3CN2C1=O. The van der Waals surface area contributed by atoms with Crippen molar-refractivity contribution in [1.29, 1.82) is 0 Å². The number of amides is 4. The maximum absolute atomic E-state index is 14.7. The third-order valence-electron chi connectivity index (χ3n) is 11.5. The van der Waals surface area contributed by atoms with Gasteiger partial charge in [0, 0.05) is 48.9 Å². The molecule has 13 nitrogen and oxygen atoms in total. The highest BCUT2D eigenvalue weighted by Crippen LogP contribution is 2.47. The van der Waals surface area contributed by atoms with Crippen LogP contribution in [-0.2, 0) is 33.9 Å². The Morgan fingerprint density at radius 3 is 2.45 bits per heavy atom. The van der Waals surface area contributed by atoms with E-state index in [2.05, 4.69) is 15.0 Å². The molecule has 4 fully saturated rings. The molecule has 3 aliphatic heterocycles. The molecule has 4 heterocycles. The number of fused-ring (bicyclic) bond motifs is 4. The van der Waals surface area contributed by atoms with E-state index in [4.69, 9.17) is 4.74 Å². The lowest BCUT2D eigenvalue weighted by Crippen LogP contribution is -2.58. The Kier molecular flexibility index (Phi) is 10.7. The molecule has 2 saturated carbocycles. The number of pyridine rings is 1. The molecule has 1 aromatic carbocycles. The summed E-state index contributed by atoms with van der Waals surface area (Å²) < 4.78 is 33.7. The number of hydrogen-bond donors (Lipinski definition) is 2. The number of nitrogens with one attached hydrogen (secondary N) is 2. The van der Waals surface area contributed by atoms with Gasteiger partial charge < -0.3 is 19.9 Å². The number of rotatable bonds is 7. The van der Waals surface area contributed by atoms with Crippen LogP contribution in [0.15, 0.2) is 60.7 Å². The summed E-state index contributed by atoms with van der Waals surface area (Å²) in [5, 5.41) is 2.31. The van der Waals surface area contributed by atoms with Gasteiger partial charge >= 0.3 is 5.97 Å². The van der Waals surface area contributed by atoms with Gasteiger partial charge in [-0.05, 0) is 71.4 Å². The minimum absolute atomic E-state index is 0.141. The molecule has 7 rings (SSSR count). The summed E-state index contributed by atoms with van der Waals surface area (Å²) in [6, 6.07) is 13.8. The normalized spacial score (nSPS) is 29.1. The van der Waals surface area contributed by atoms with Gasteiger partial charge in [-0.1, -0.05) is 61.4 Å². The summed E-state index contributed by atoms with van der Waals surface area (Å²) in [7, 11) is -3.90. The van der Waals surface area contributed by atoms with Crippen molar-refractivity contribution in [2.45, 2.75) is 101 Å². The Balaban J connectivity index is 1.18. The Morgan fingerprint density at radius 2 is 1.73 bits per heavy atom. The molecule has 0 unspecified atom stereocenters. The van der Waals surface area contributed by atoms with Gasteiger partial charge in [-0.3, -0.25) is 28.7 Å². The number of likely N-dealkylation sites (tertiary alicyclic amines) is 1. The van der Waals surface area contributed by atoms with Gasteiger partial charge in [0.05, 0.1) is 17.4 Å². The minimum Gasteiger partial charge on any atom is -0.460 e. The number of hydrogen-bond acceptors (Lipinski definition) is 9. The van der Waals surface area contributed by atoms with Crippen LogP contribution in [0.2, 0.25) is 0 Å². The minimum atomic E-state index is -3.90. The Bertz CT molecular complexity index is 1980. The fraction of sp³-hybridized carbons (Fsp3) is 0.561. The van der Waals surface area contributed by atoms with E-state index in [1.54, 1.807) is 37.8 Å². The topological polar surface area (TPSA) is 172 Å². The average Bonchev–Trinajstić information content (AvgIpc) is 4.04. The first-order valence-corrected chi connectivity index (χ1v) is 21.1. The second-order valence-electron chi connectivity index (χ2n) is 16.8. The zero-order chi connectivity index (χ0) is 39.1. The fourth-order valence-corrected chi connectivity index (χ4v) is 9.80. The van der Waals surface area contributed by atoms with Gasteiger partial charge in [-0.25, -0.2) is 13.4 Å². The van der Waals surface area contributed by atoms with Crippen LogP contribution in [0, 0.1) is 23.7 Å². The van der Waals surface area contributed by atoms with E-state index in [1.165, 1.54) is 4.90 Å². The number of aromatic nitrogens is 1. The number of ether oxygens (including phenoxy) is 1. The molecular weight excluding hydrogens is 723 g/mol. The predicted octanol–water partition coefficient (Wildman–Crippen LogP) is 4.00. The molecular formula is C41H51N5O8S. The number of carbonyl (C=O) groups excluding carboxylic acids is 5. The summed E-state index contributed by atoms with van der Waals surface area (Å²) in [6.45, 7) is 5.93. The molecule has 294 valence electrons. The molecule has 2 aliphatic carbocycles. The summed E-state index contributed by atoms with van der Waals surface area (Å²) >= 11 is 0. The molecule has 4 amide bonds. The van der Waals surface area contributed by atoms with Crippen molar-refractivity contribution in [3.8, 4) is 11.3 Å². The Labute approximate surface area is 322 Å². The largest absolute Gasteiger partial charge is 0.460 e. The second kappa shape index (κ2) is 15.2. The van der Waals surface area contributed by atoms with Crippen LogP contribution < -0.4 is 10.0 Å². The molecule has 55 heavy (non-hydrogen) atoms. The average molecular weight is 774 g/mol. The van der Waals surface area contributed by atoms with Crippen LogP contribution in [0.5, 0.6) is 0 Å². The standard InChI is InChI=1S/C41H51N5O8S/c1-40(2,3)54-34(47)21-27-15-8-5-4-6-11-16-29-22-41(29,39(51)44-55(52,53)30-19-20-30)43-36(48)35-31-25-45(23-28(31)24-46(35)37(27)49)38(50)33-18-12-17-32(42-33)26-13-9-7-10-14-26/h7,9-14,16-18,27-31,35H,4-6,8,15,19-25H2,1-3H3,(H,43,48)(H,44,51)/b16-11-/t27-,28-,29+,31-,35-,41+/m0/s1. The van der Waals surface area contributed by atoms with Crippen molar-refractivity contribution in [1.82, 2.24) is 24.8 Å². The van der Waals surface area contributed by atoms with Crippen molar-refractivity contribution in [2.75, 3.05) is 19.6 Å². The zero-order valence-corrected chi connectivity index (χ0v) is 32.6. The van der Waals surface area contributed by atoms with Crippen molar-refractivity contribution < 1.29 is 37.1 Å². The van der Waals surface area contributed by atoms with Gasteiger partial charge in [-0.15, -0.1) is 0 Å². The molecule has 6 atom stereocenters. The van der Waals surface area contributed by atoms with Gasteiger partial charge in [0.25, 0.3) is 11.8 Å². The highest BCUT2D eigenvalue weighted by Gasteiger charge is 2.63. The quantitative estimate of drug-likeness (QED) is 0.312. The Hall–Kier alpha value is -4.59. The van der Waals surface area contributed by atoms with Gasteiger partial charge in [0.15, 0.2) is 0 Å². The van der Waals surface area contributed by atoms with Gasteiger partial charge in [-0.2, -0.15) is 0 Å². The summed E-state index contributed by atoms with van der Waals surface area (Å²) in [6.07, 6.45) is 8.31. The lowest BCUT2D eigenvalue weighted by atomic mass is 9.92. The lowest BCUT2D eigenvalue weighted by Gasteiger charge is -2.33. The van der Waals surface area contributed by atoms with Crippen molar-refractivity contribution >= 4 is 39.6 Å². The third kappa shape index (κ3) is 8.48. The van der Waals surface area contributed by atoms with E-state index in [0.29, 0.717) is 37.8 Å². The van der Waals surface area contributed by atoms with E-state index in [1.807, 2.05) is 48.6 Å². The number of allylic oxidation sites excluding steroid dienone is 1. The first kappa shape index (κ1) is 38.7. The molecule has 1 aromatic heterocycles. The van der Waals surface area contributed by atoms with Crippen molar-refractivity contribution in [3.63, 3.8) is 0 Å². The molecule has 2 N–H and O–H groups in total. The summed E-state index contributed by atoms with van der Waals surface area (Å²) in [4.78, 5) is 78.1. The highest BCUT2D eigenvalue weighted by atomic mass is 32.2. The first-order chi connectivity index (χ1) is 26.1. The number of esters is 1. The number of carbonyl (C=O) groups is 5. The predicted molar refractivity (Wildman–Crippen MR) is 203 cm³/mol. The molecule has 5 aliphatic rings. The van der Waals surface area contributed by atoms with Crippen LogP contribution in [0.25, 0.3) is 11.3 Å². The second-order valence-corrected chi connectivity index (χ2v) is 18.8. The van der Waals surface area contributed by atoms with Crippen molar-refractivity contribution in [2.24, 2.45) is 23.7 Å². The van der Waals surface area contributed by atoms with Crippen molar-refractivity contribution in [3.05, 3.63) is 66.4 Å². The van der Waals surface area contributed by atoms with Crippen LogP contribution in [0.4, 0.5) is 0 Å². The first-order valence-electron chi connectivity index (χ1n) is 19.5. The molecule has 0 bridgehead atoms. The summed E-state index contributed by atoms with van der Waals surface area (Å²) in [5.41, 5.74) is -0.464. The highest BCUT2D eigenvalue weighted by molar-refractivity contribution is 7.91. The summed E-state index contributed by atoms with van der Waals surface area (Å²) in [5.74, 6) is -4.41. The van der Waals surface area contributed by atoms with Crippen LogP contribution in [0.3, 0.4) is 0 Å². The molecule has 2 saturated heterocycles. The maximum Gasteiger partial charge on any atom is 0.307 e. The number of benzene rings is 1. The fourth-order valence-electron chi connectivity index (χ4n) is 8.44. The number of sulfonamides is 1. The number of nitrogens with zero attached hydrogens (tertiary/aromatic N) is 3. The van der Waals surface area contributed by atoms with E-state index < -0.39 is 68.0 Å². The molecule has 0 radical (unpaired) electrons. The van der Waals surface area contributed by atoms with Gasteiger partial charge in [0.2, 0.25) is 21.8 Å². The van der Waals surface area contributed by atoms with Gasteiger partial charge in [0.1, 0.15) is 22.9 Å². The maximum atomic E-state index is 14.7.